The van der Waals surface area contributed by atoms with Gasteiger partial charge in [-0.15, -0.1) is 0 Å². The number of hydrogen-bond acceptors (Lipinski definition) is 2. The second-order valence-electron chi connectivity index (χ2n) is 3.86. The van der Waals surface area contributed by atoms with Gasteiger partial charge in [-0.05, 0) is 43.6 Å². The van der Waals surface area contributed by atoms with Crippen molar-refractivity contribution in [3.63, 3.8) is 0 Å². The van der Waals surface area contributed by atoms with Gasteiger partial charge in [-0.3, -0.25) is 0 Å². The molecule has 1 aromatic rings. The Morgan fingerprint density at radius 1 is 1.31 bits per heavy atom. The van der Waals surface area contributed by atoms with Crippen LogP contribution in [-0.4, -0.2) is 20.2 Å². The van der Waals surface area contributed by atoms with E-state index in [2.05, 4.69) is 11.4 Å². The predicted octanol–water partition coefficient (Wildman–Crippen LogP) is 2.60. The molecule has 1 heterocycles. The molecule has 0 unspecified atom stereocenters. The second kappa shape index (κ2) is 5.12. The SMILES string of the molecule is COc1cc(F)ccc1C1=CCCNCC1. The lowest BCUT2D eigenvalue weighted by Crippen LogP contribution is -2.13. The number of benzene rings is 1. The predicted molar refractivity (Wildman–Crippen MR) is 63.0 cm³/mol. The largest absolute Gasteiger partial charge is 0.496 e. The lowest BCUT2D eigenvalue weighted by Gasteiger charge is -2.11. The van der Waals surface area contributed by atoms with Crippen molar-refractivity contribution in [3.8, 4) is 5.75 Å². The highest BCUT2D eigenvalue weighted by Crippen LogP contribution is 2.29. The van der Waals surface area contributed by atoms with Crippen LogP contribution in [0.25, 0.3) is 5.57 Å². The first-order valence-electron chi connectivity index (χ1n) is 5.55. The van der Waals surface area contributed by atoms with Crippen molar-refractivity contribution in [2.75, 3.05) is 20.2 Å². The minimum Gasteiger partial charge on any atom is -0.496 e. The van der Waals surface area contributed by atoms with E-state index >= 15 is 0 Å². The molecule has 1 aliphatic heterocycles. The molecular formula is C13H16FNO. The Balaban J connectivity index is 2.34. The fraction of sp³-hybridized carbons (Fsp3) is 0.385. The summed E-state index contributed by atoms with van der Waals surface area (Å²) in [6.45, 7) is 1.97. The van der Waals surface area contributed by atoms with Crippen LogP contribution in [0.15, 0.2) is 24.3 Å². The zero-order valence-corrected chi connectivity index (χ0v) is 9.42. The summed E-state index contributed by atoms with van der Waals surface area (Å²) in [5.41, 5.74) is 2.24. The maximum absolute atomic E-state index is 13.1. The average molecular weight is 221 g/mol. The number of nitrogens with one attached hydrogen (secondary N) is 1. The van der Waals surface area contributed by atoms with Crippen molar-refractivity contribution in [2.45, 2.75) is 12.8 Å². The lowest BCUT2D eigenvalue weighted by molar-refractivity contribution is 0.410. The van der Waals surface area contributed by atoms with Gasteiger partial charge in [-0.2, -0.15) is 0 Å². The van der Waals surface area contributed by atoms with E-state index in [1.807, 2.05) is 0 Å². The lowest BCUT2D eigenvalue weighted by atomic mass is 10.0. The Kier molecular flexibility index (Phi) is 3.57. The summed E-state index contributed by atoms with van der Waals surface area (Å²) in [6, 6.07) is 4.72. The Morgan fingerprint density at radius 3 is 3.00 bits per heavy atom. The monoisotopic (exact) mass is 221 g/mol. The van der Waals surface area contributed by atoms with Crippen LogP contribution >= 0.6 is 0 Å². The van der Waals surface area contributed by atoms with Gasteiger partial charge in [0.15, 0.2) is 0 Å². The van der Waals surface area contributed by atoms with Crippen molar-refractivity contribution in [1.82, 2.24) is 5.32 Å². The van der Waals surface area contributed by atoms with Crippen molar-refractivity contribution in [1.29, 1.82) is 0 Å². The van der Waals surface area contributed by atoms with Gasteiger partial charge in [0.1, 0.15) is 11.6 Å². The van der Waals surface area contributed by atoms with Gasteiger partial charge in [0.2, 0.25) is 0 Å². The summed E-state index contributed by atoms with van der Waals surface area (Å²) in [7, 11) is 1.58. The summed E-state index contributed by atoms with van der Waals surface area (Å²) < 4.78 is 18.3. The maximum atomic E-state index is 13.1. The molecule has 86 valence electrons. The maximum Gasteiger partial charge on any atom is 0.129 e. The molecule has 1 aromatic carbocycles. The number of halogens is 1. The molecule has 0 bridgehead atoms. The first kappa shape index (κ1) is 11.1. The molecule has 0 saturated heterocycles. The first-order valence-corrected chi connectivity index (χ1v) is 5.55. The summed E-state index contributed by atoms with van der Waals surface area (Å²) in [6.07, 6.45) is 4.17. The van der Waals surface area contributed by atoms with Gasteiger partial charge >= 0.3 is 0 Å². The van der Waals surface area contributed by atoms with Crippen molar-refractivity contribution >= 4 is 5.57 Å². The molecule has 2 nitrogen and oxygen atoms in total. The molecule has 3 heteroatoms. The van der Waals surface area contributed by atoms with Gasteiger partial charge in [0.05, 0.1) is 7.11 Å². The van der Waals surface area contributed by atoms with E-state index in [-0.39, 0.29) is 5.82 Å². The van der Waals surface area contributed by atoms with Crippen LogP contribution in [0.4, 0.5) is 4.39 Å². The van der Waals surface area contributed by atoms with Crippen molar-refractivity contribution in [2.24, 2.45) is 0 Å². The Bertz CT molecular complexity index is 401. The van der Waals surface area contributed by atoms with Gasteiger partial charge in [0.25, 0.3) is 0 Å². The number of ether oxygens (including phenoxy) is 1. The minimum absolute atomic E-state index is 0.257. The summed E-state index contributed by atoms with van der Waals surface area (Å²) in [4.78, 5) is 0. The smallest absolute Gasteiger partial charge is 0.129 e. The van der Waals surface area contributed by atoms with Crippen LogP contribution < -0.4 is 10.1 Å². The van der Waals surface area contributed by atoms with Crippen LogP contribution in [0.2, 0.25) is 0 Å². The topological polar surface area (TPSA) is 21.3 Å². The van der Waals surface area contributed by atoms with Crippen molar-refractivity contribution in [3.05, 3.63) is 35.7 Å². The molecule has 2 rings (SSSR count). The normalized spacial score (nSPS) is 16.5. The molecular weight excluding hydrogens is 205 g/mol. The van der Waals surface area contributed by atoms with E-state index in [0.29, 0.717) is 5.75 Å². The molecule has 0 radical (unpaired) electrons. The quantitative estimate of drug-likeness (QED) is 0.828. The van der Waals surface area contributed by atoms with E-state index in [4.69, 9.17) is 4.74 Å². The molecule has 1 aliphatic rings. The number of rotatable bonds is 2. The van der Waals surface area contributed by atoms with Crippen molar-refractivity contribution < 1.29 is 9.13 Å². The highest BCUT2D eigenvalue weighted by atomic mass is 19.1. The molecule has 1 N–H and O–H groups in total. The zero-order valence-electron chi connectivity index (χ0n) is 9.42. The van der Waals surface area contributed by atoms with E-state index < -0.39 is 0 Å². The third kappa shape index (κ3) is 2.42. The van der Waals surface area contributed by atoms with Gasteiger partial charge in [-0.25, -0.2) is 4.39 Å². The van der Waals surface area contributed by atoms with Crippen LogP contribution in [0.3, 0.4) is 0 Å². The highest BCUT2D eigenvalue weighted by Gasteiger charge is 2.10. The standard InChI is InChI=1S/C13H16FNO/c1-16-13-9-11(14)4-5-12(13)10-3-2-7-15-8-6-10/h3-5,9,15H,2,6-8H2,1H3. The minimum atomic E-state index is -0.257. The molecule has 0 spiro atoms. The number of hydrogen-bond donors (Lipinski definition) is 1. The van der Waals surface area contributed by atoms with Crippen LogP contribution in [0.1, 0.15) is 18.4 Å². The van der Waals surface area contributed by atoms with E-state index in [1.54, 1.807) is 13.2 Å². The molecule has 0 saturated carbocycles. The molecule has 16 heavy (non-hydrogen) atoms. The fourth-order valence-corrected chi connectivity index (χ4v) is 1.97. The Labute approximate surface area is 95.1 Å². The molecule has 0 amide bonds. The van der Waals surface area contributed by atoms with Gasteiger partial charge in [-0.1, -0.05) is 6.08 Å². The zero-order chi connectivity index (χ0) is 11.4. The summed E-state index contributed by atoms with van der Waals surface area (Å²) in [5, 5.41) is 3.33. The molecule has 0 aliphatic carbocycles. The average Bonchev–Trinajstić information content (AvgIpc) is 2.57. The van der Waals surface area contributed by atoms with Crippen LogP contribution in [0.5, 0.6) is 5.75 Å². The summed E-state index contributed by atoms with van der Waals surface area (Å²) in [5.74, 6) is 0.362. The third-order valence-corrected chi connectivity index (χ3v) is 2.79. The second-order valence-corrected chi connectivity index (χ2v) is 3.86. The summed E-state index contributed by atoms with van der Waals surface area (Å²) >= 11 is 0. The molecule has 0 fully saturated rings. The van der Waals surface area contributed by atoms with Crippen LogP contribution in [-0.2, 0) is 0 Å². The Morgan fingerprint density at radius 2 is 2.19 bits per heavy atom. The highest BCUT2D eigenvalue weighted by molar-refractivity contribution is 5.70. The van der Waals surface area contributed by atoms with Crippen LogP contribution in [0, 0.1) is 5.82 Å². The Hall–Kier alpha value is -1.35. The third-order valence-electron chi connectivity index (χ3n) is 2.79. The van der Waals surface area contributed by atoms with E-state index in [9.17, 15) is 4.39 Å². The van der Waals surface area contributed by atoms with Gasteiger partial charge in [0, 0.05) is 11.6 Å². The molecule has 0 aromatic heterocycles. The van der Waals surface area contributed by atoms with E-state index in [1.165, 1.54) is 17.7 Å². The van der Waals surface area contributed by atoms with E-state index in [0.717, 1.165) is 31.5 Å². The number of methoxy groups -OCH3 is 1. The first-order chi connectivity index (χ1) is 7.81. The van der Waals surface area contributed by atoms with Gasteiger partial charge < -0.3 is 10.1 Å². The molecule has 0 atom stereocenters. The fourth-order valence-electron chi connectivity index (χ4n) is 1.97.